The summed E-state index contributed by atoms with van der Waals surface area (Å²) in [5.74, 6) is 1.67. The van der Waals surface area contributed by atoms with Gasteiger partial charge in [-0.15, -0.1) is 0 Å². The van der Waals surface area contributed by atoms with Crippen LogP contribution < -0.4 is 15.2 Å². The van der Waals surface area contributed by atoms with E-state index >= 15 is 0 Å². The summed E-state index contributed by atoms with van der Waals surface area (Å²) in [5, 5.41) is 0. The van der Waals surface area contributed by atoms with Crippen molar-refractivity contribution < 1.29 is 9.47 Å². The SMILES string of the molecule is CCCOc1ccccc1OC1CCCCCCC1N. The molecule has 1 aliphatic rings. The van der Waals surface area contributed by atoms with Crippen LogP contribution in [0.5, 0.6) is 11.5 Å². The lowest BCUT2D eigenvalue weighted by atomic mass is 9.95. The molecule has 2 rings (SSSR count). The summed E-state index contributed by atoms with van der Waals surface area (Å²) in [6.45, 7) is 2.82. The molecule has 2 atom stereocenters. The molecule has 2 unspecified atom stereocenters. The minimum atomic E-state index is 0.113. The van der Waals surface area contributed by atoms with E-state index in [0.29, 0.717) is 0 Å². The van der Waals surface area contributed by atoms with Crippen LogP contribution in [-0.4, -0.2) is 18.8 Å². The Hall–Kier alpha value is -1.22. The lowest BCUT2D eigenvalue weighted by molar-refractivity contribution is 0.138. The van der Waals surface area contributed by atoms with Crippen LogP contribution >= 0.6 is 0 Å². The van der Waals surface area contributed by atoms with Crippen LogP contribution in [0.2, 0.25) is 0 Å². The topological polar surface area (TPSA) is 44.5 Å². The molecule has 1 fully saturated rings. The van der Waals surface area contributed by atoms with Crippen LogP contribution in [0.15, 0.2) is 24.3 Å². The van der Waals surface area contributed by atoms with E-state index < -0.39 is 0 Å². The van der Waals surface area contributed by atoms with Crippen LogP contribution in [0.4, 0.5) is 0 Å². The van der Waals surface area contributed by atoms with Gasteiger partial charge in [-0.1, -0.05) is 38.3 Å². The highest BCUT2D eigenvalue weighted by molar-refractivity contribution is 5.39. The van der Waals surface area contributed by atoms with Crippen molar-refractivity contribution in [3.05, 3.63) is 24.3 Å². The van der Waals surface area contributed by atoms with E-state index in [0.717, 1.165) is 37.4 Å². The summed E-state index contributed by atoms with van der Waals surface area (Å²) < 4.78 is 11.9. The molecule has 0 heterocycles. The molecule has 1 aromatic rings. The fourth-order valence-electron chi connectivity index (χ4n) is 2.67. The van der Waals surface area contributed by atoms with Crippen molar-refractivity contribution in [3.8, 4) is 11.5 Å². The molecule has 0 saturated heterocycles. The van der Waals surface area contributed by atoms with E-state index in [2.05, 4.69) is 6.92 Å². The standard InChI is InChI=1S/C17H27NO2/c1-2-13-19-16-11-7-8-12-17(16)20-15-10-6-4-3-5-9-14(15)18/h7-8,11-12,14-15H,2-6,9-10,13,18H2,1H3. The molecule has 0 radical (unpaired) electrons. The molecular weight excluding hydrogens is 250 g/mol. The van der Waals surface area contributed by atoms with Gasteiger partial charge in [0.2, 0.25) is 0 Å². The van der Waals surface area contributed by atoms with E-state index in [1.54, 1.807) is 0 Å². The van der Waals surface area contributed by atoms with Crippen molar-refractivity contribution >= 4 is 0 Å². The summed E-state index contributed by atoms with van der Waals surface area (Å²) in [4.78, 5) is 0. The lowest BCUT2D eigenvalue weighted by Gasteiger charge is -2.27. The second-order valence-corrected chi connectivity index (χ2v) is 5.61. The third-order valence-corrected chi connectivity index (χ3v) is 3.84. The predicted octanol–water partition coefficient (Wildman–Crippen LogP) is 3.90. The Labute approximate surface area is 122 Å². The molecule has 20 heavy (non-hydrogen) atoms. The van der Waals surface area contributed by atoms with Crippen molar-refractivity contribution in [2.75, 3.05) is 6.61 Å². The quantitative estimate of drug-likeness (QED) is 0.887. The van der Waals surface area contributed by atoms with Crippen LogP contribution in [0, 0.1) is 0 Å². The molecule has 0 aromatic heterocycles. The average molecular weight is 277 g/mol. The second-order valence-electron chi connectivity index (χ2n) is 5.61. The van der Waals surface area contributed by atoms with Gasteiger partial charge in [0.05, 0.1) is 6.61 Å². The molecule has 2 N–H and O–H groups in total. The summed E-state index contributed by atoms with van der Waals surface area (Å²) in [6, 6.07) is 8.06. The minimum Gasteiger partial charge on any atom is -0.490 e. The largest absolute Gasteiger partial charge is 0.490 e. The van der Waals surface area contributed by atoms with Gasteiger partial charge in [-0.25, -0.2) is 0 Å². The highest BCUT2D eigenvalue weighted by atomic mass is 16.5. The first-order valence-electron chi connectivity index (χ1n) is 7.95. The van der Waals surface area contributed by atoms with Gasteiger partial charge in [0.15, 0.2) is 11.5 Å². The van der Waals surface area contributed by atoms with E-state index in [9.17, 15) is 0 Å². The summed E-state index contributed by atoms with van der Waals surface area (Å²) in [6.07, 6.45) is 8.23. The Morgan fingerprint density at radius 1 is 1.05 bits per heavy atom. The number of benzene rings is 1. The van der Waals surface area contributed by atoms with Crippen LogP contribution in [0.3, 0.4) is 0 Å². The maximum absolute atomic E-state index is 6.28. The highest BCUT2D eigenvalue weighted by Crippen LogP contribution is 2.30. The Kier molecular flexibility index (Phi) is 6.19. The monoisotopic (exact) mass is 277 g/mol. The van der Waals surface area contributed by atoms with Crippen LogP contribution in [-0.2, 0) is 0 Å². The van der Waals surface area contributed by atoms with Gasteiger partial charge in [0, 0.05) is 6.04 Å². The molecule has 0 amide bonds. The molecule has 0 aliphatic heterocycles. The first-order chi connectivity index (χ1) is 9.81. The predicted molar refractivity (Wildman–Crippen MR) is 82.3 cm³/mol. The van der Waals surface area contributed by atoms with Gasteiger partial charge in [-0.2, -0.15) is 0 Å². The summed E-state index contributed by atoms with van der Waals surface area (Å²) in [7, 11) is 0. The maximum Gasteiger partial charge on any atom is 0.161 e. The molecule has 1 aromatic carbocycles. The maximum atomic E-state index is 6.28. The van der Waals surface area contributed by atoms with Crippen molar-refractivity contribution in [3.63, 3.8) is 0 Å². The van der Waals surface area contributed by atoms with Crippen molar-refractivity contribution in [1.29, 1.82) is 0 Å². The van der Waals surface area contributed by atoms with Crippen LogP contribution in [0.25, 0.3) is 0 Å². The summed E-state index contributed by atoms with van der Waals surface area (Å²) in [5.41, 5.74) is 6.28. The van der Waals surface area contributed by atoms with Gasteiger partial charge in [0.1, 0.15) is 6.10 Å². The zero-order valence-corrected chi connectivity index (χ0v) is 12.5. The van der Waals surface area contributed by atoms with E-state index in [4.69, 9.17) is 15.2 Å². The van der Waals surface area contributed by atoms with Gasteiger partial charge >= 0.3 is 0 Å². The molecule has 1 saturated carbocycles. The zero-order valence-electron chi connectivity index (χ0n) is 12.5. The average Bonchev–Trinajstić information content (AvgIpc) is 2.46. The molecule has 0 spiro atoms. The smallest absolute Gasteiger partial charge is 0.161 e. The molecule has 1 aliphatic carbocycles. The normalized spacial score (nSPS) is 23.7. The Morgan fingerprint density at radius 3 is 2.50 bits per heavy atom. The van der Waals surface area contributed by atoms with Crippen LogP contribution in [0.1, 0.15) is 51.9 Å². The molecule has 3 nitrogen and oxygen atoms in total. The number of ether oxygens (including phenoxy) is 2. The zero-order chi connectivity index (χ0) is 14.2. The van der Waals surface area contributed by atoms with Crippen molar-refractivity contribution in [2.45, 2.75) is 64.0 Å². The van der Waals surface area contributed by atoms with Gasteiger partial charge in [-0.3, -0.25) is 0 Å². The third-order valence-electron chi connectivity index (χ3n) is 3.84. The fourth-order valence-corrected chi connectivity index (χ4v) is 2.67. The van der Waals surface area contributed by atoms with Gasteiger partial charge in [-0.05, 0) is 37.8 Å². The van der Waals surface area contributed by atoms with E-state index in [1.807, 2.05) is 24.3 Å². The van der Waals surface area contributed by atoms with Gasteiger partial charge in [0.25, 0.3) is 0 Å². The summed E-state index contributed by atoms with van der Waals surface area (Å²) >= 11 is 0. The number of nitrogens with two attached hydrogens (primary N) is 1. The second kappa shape index (κ2) is 8.15. The molecule has 0 bridgehead atoms. The minimum absolute atomic E-state index is 0.113. The Balaban J connectivity index is 2.03. The van der Waals surface area contributed by atoms with Crippen molar-refractivity contribution in [2.24, 2.45) is 5.73 Å². The van der Waals surface area contributed by atoms with Crippen molar-refractivity contribution in [1.82, 2.24) is 0 Å². The Bertz CT molecular complexity index is 394. The van der Waals surface area contributed by atoms with Gasteiger partial charge < -0.3 is 15.2 Å². The van der Waals surface area contributed by atoms with E-state index in [1.165, 1.54) is 25.7 Å². The first kappa shape index (κ1) is 15.2. The number of rotatable bonds is 5. The third kappa shape index (κ3) is 4.41. The lowest BCUT2D eigenvalue weighted by Crippen LogP contribution is -2.39. The first-order valence-corrected chi connectivity index (χ1v) is 7.95. The fraction of sp³-hybridized carbons (Fsp3) is 0.647. The molecule has 3 heteroatoms. The number of hydrogen-bond acceptors (Lipinski definition) is 3. The highest BCUT2D eigenvalue weighted by Gasteiger charge is 2.22. The molecule has 112 valence electrons. The van der Waals surface area contributed by atoms with E-state index in [-0.39, 0.29) is 12.1 Å². The number of hydrogen-bond donors (Lipinski definition) is 1. The molecular formula is C17H27NO2. The Morgan fingerprint density at radius 2 is 1.75 bits per heavy atom. The number of para-hydroxylation sites is 2.